The van der Waals surface area contributed by atoms with Crippen molar-refractivity contribution in [1.29, 1.82) is 0 Å². The number of alkyl halides is 1. The van der Waals surface area contributed by atoms with Crippen molar-refractivity contribution in [2.75, 3.05) is 32.7 Å². The van der Waals surface area contributed by atoms with Crippen LogP contribution in [0.25, 0.3) is 0 Å². The predicted octanol–water partition coefficient (Wildman–Crippen LogP) is -1.79. The number of amides is 1. The van der Waals surface area contributed by atoms with Gasteiger partial charge in [0.15, 0.2) is 0 Å². The van der Waals surface area contributed by atoms with Crippen molar-refractivity contribution in [3.05, 3.63) is 0 Å². The standard InChI is InChI=1S/C17H32FN7O/c18-10-7-22-16-14(15(19)24-25(16)9-10)17(26)23-13-8-20-6-4-11(13)12-3-1-2-5-21-12/h10-16,20-22,24H,1-9,19H2,(H,23,26). The summed E-state index contributed by atoms with van der Waals surface area (Å²) in [6.07, 6.45) is 3.04. The first-order valence-corrected chi connectivity index (χ1v) is 10.0. The molecule has 0 aromatic rings. The summed E-state index contributed by atoms with van der Waals surface area (Å²) >= 11 is 0. The topological polar surface area (TPSA) is 106 Å². The summed E-state index contributed by atoms with van der Waals surface area (Å²) in [6, 6.07) is 0.578. The molecular weight excluding hydrogens is 337 g/mol. The van der Waals surface area contributed by atoms with Crippen molar-refractivity contribution in [3.8, 4) is 0 Å². The van der Waals surface area contributed by atoms with Crippen molar-refractivity contribution in [2.24, 2.45) is 17.6 Å². The number of carbonyl (C=O) groups excluding carboxylic acids is 1. The molecule has 4 heterocycles. The molecule has 4 rings (SSSR count). The highest BCUT2D eigenvalue weighted by Crippen LogP contribution is 2.26. The molecular formula is C17H32FN7O. The third-order valence-electron chi connectivity index (χ3n) is 6.35. The van der Waals surface area contributed by atoms with Crippen molar-refractivity contribution in [1.82, 2.24) is 31.7 Å². The van der Waals surface area contributed by atoms with Crippen LogP contribution in [0.3, 0.4) is 0 Å². The molecule has 0 aliphatic carbocycles. The van der Waals surface area contributed by atoms with Gasteiger partial charge in [0.05, 0.1) is 18.2 Å². The quantitative estimate of drug-likeness (QED) is 0.349. The molecule has 148 valence electrons. The van der Waals surface area contributed by atoms with Crippen LogP contribution in [0.5, 0.6) is 0 Å². The van der Waals surface area contributed by atoms with Gasteiger partial charge >= 0.3 is 0 Å². The van der Waals surface area contributed by atoms with E-state index in [2.05, 4.69) is 26.7 Å². The van der Waals surface area contributed by atoms with E-state index < -0.39 is 18.3 Å². The van der Waals surface area contributed by atoms with E-state index in [9.17, 15) is 9.18 Å². The van der Waals surface area contributed by atoms with Crippen LogP contribution in [0, 0.1) is 11.8 Å². The fourth-order valence-corrected chi connectivity index (χ4v) is 5.02. The highest BCUT2D eigenvalue weighted by atomic mass is 19.1. The van der Waals surface area contributed by atoms with E-state index in [0.29, 0.717) is 12.0 Å². The molecule has 1 amide bonds. The Morgan fingerprint density at radius 3 is 2.85 bits per heavy atom. The molecule has 0 saturated carbocycles. The first-order chi connectivity index (χ1) is 12.6. The number of hydrogen-bond acceptors (Lipinski definition) is 7. The van der Waals surface area contributed by atoms with Crippen LogP contribution in [-0.4, -0.2) is 74.2 Å². The van der Waals surface area contributed by atoms with Crippen LogP contribution in [-0.2, 0) is 4.79 Å². The molecule has 7 N–H and O–H groups in total. The summed E-state index contributed by atoms with van der Waals surface area (Å²) in [5.41, 5.74) is 9.21. The number of fused-ring (bicyclic) bond motifs is 1. The fourth-order valence-electron chi connectivity index (χ4n) is 5.02. The van der Waals surface area contributed by atoms with Crippen molar-refractivity contribution >= 4 is 5.91 Å². The number of hydrogen-bond donors (Lipinski definition) is 6. The maximum atomic E-state index is 13.6. The third-order valence-corrected chi connectivity index (χ3v) is 6.35. The van der Waals surface area contributed by atoms with Gasteiger partial charge in [0.1, 0.15) is 6.17 Å². The van der Waals surface area contributed by atoms with Crippen LogP contribution >= 0.6 is 0 Å². The summed E-state index contributed by atoms with van der Waals surface area (Å²) in [5, 5.41) is 15.2. The number of hydrazine groups is 1. The molecule has 4 aliphatic rings. The highest BCUT2D eigenvalue weighted by molar-refractivity contribution is 5.80. The summed E-state index contributed by atoms with van der Waals surface area (Å²) in [4.78, 5) is 13.0. The van der Waals surface area contributed by atoms with Crippen molar-refractivity contribution in [2.45, 2.75) is 56.3 Å². The van der Waals surface area contributed by atoms with Gasteiger partial charge in [0.25, 0.3) is 0 Å². The Balaban J connectivity index is 1.41. The first kappa shape index (κ1) is 18.5. The van der Waals surface area contributed by atoms with Crippen LogP contribution < -0.4 is 32.4 Å². The zero-order valence-electron chi connectivity index (χ0n) is 15.2. The lowest BCUT2D eigenvalue weighted by Crippen LogP contribution is -2.62. The minimum Gasteiger partial charge on any atom is -0.351 e. The van der Waals surface area contributed by atoms with Crippen molar-refractivity contribution < 1.29 is 9.18 Å². The van der Waals surface area contributed by atoms with Gasteiger partial charge in [-0.3, -0.25) is 10.1 Å². The predicted molar refractivity (Wildman–Crippen MR) is 96.5 cm³/mol. The third kappa shape index (κ3) is 3.74. The van der Waals surface area contributed by atoms with Gasteiger partial charge in [-0.05, 0) is 38.3 Å². The van der Waals surface area contributed by atoms with Gasteiger partial charge in [0, 0.05) is 31.7 Å². The molecule has 0 spiro atoms. The zero-order chi connectivity index (χ0) is 18.1. The lowest BCUT2D eigenvalue weighted by molar-refractivity contribution is -0.128. The molecule has 4 saturated heterocycles. The molecule has 4 fully saturated rings. The largest absolute Gasteiger partial charge is 0.351 e. The minimum absolute atomic E-state index is 0.0446. The fraction of sp³-hybridized carbons (Fsp3) is 0.941. The monoisotopic (exact) mass is 369 g/mol. The second-order valence-electron chi connectivity index (χ2n) is 8.11. The number of carbonyl (C=O) groups is 1. The van der Waals surface area contributed by atoms with Crippen LogP contribution in [0.15, 0.2) is 0 Å². The maximum absolute atomic E-state index is 13.6. The molecule has 9 heteroatoms. The Bertz CT molecular complexity index is 504. The molecule has 8 nitrogen and oxygen atoms in total. The number of rotatable bonds is 3. The Morgan fingerprint density at radius 2 is 2.04 bits per heavy atom. The Kier molecular flexibility index (Phi) is 5.72. The van der Waals surface area contributed by atoms with Gasteiger partial charge in [0.2, 0.25) is 5.91 Å². The summed E-state index contributed by atoms with van der Waals surface area (Å²) in [6.45, 7) is 3.37. The van der Waals surface area contributed by atoms with Crippen LogP contribution in [0.1, 0.15) is 25.7 Å². The Hall–Kier alpha value is -0.840. The smallest absolute Gasteiger partial charge is 0.229 e. The van der Waals surface area contributed by atoms with Crippen LogP contribution in [0.2, 0.25) is 0 Å². The average molecular weight is 369 g/mol. The lowest BCUT2D eigenvalue weighted by atomic mass is 9.82. The van der Waals surface area contributed by atoms with E-state index in [1.54, 1.807) is 5.01 Å². The highest BCUT2D eigenvalue weighted by Gasteiger charge is 2.47. The van der Waals surface area contributed by atoms with E-state index >= 15 is 0 Å². The number of nitrogens with one attached hydrogen (secondary N) is 5. The van der Waals surface area contributed by atoms with Gasteiger partial charge in [-0.2, -0.15) is 0 Å². The molecule has 0 bridgehead atoms. The summed E-state index contributed by atoms with van der Waals surface area (Å²) < 4.78 is 13.6. The normalized spacial score (nSPS) is 44.5. The van der Waals surface area contributed by atoms with Crippen LogP contribution in [0.4, 0.5) is 4.39 Å². The molecule has 0 aromatic heterocycles. The second-order valence-corrected chi connectivity index (χ2v) is 8.11. The molecule has 4 aliphatic heterocycles. The number of nitrogens with two attached hydrogens (primary N) is 1. The summed E-state index contributed by atoms with van der Waals surface area (Å²) in [5.74, 6) is -0.0297. The Labute approximate surface area is 154 Å². The molecule has 0 radical (unpaired) electrons. The summed E-state index contributed by atoms with van der Waals surface area (Å²) in [7, 11) is 0. The number of piperidine rings is 2. The zero-order valence-corrected chi connectivity index (χ0v) is 15.2. The Morgan fingerprint density at radius 1 is 1.15 bits per heavy atom. The van der Waals surface area contributed by atoms with E-state index in [1.807, 2.05) is 0 Å². The minimum atomic E-state index is -0.947. The molecule has 7 atom stereocenters. The van der Waals surface area contributed by atoms with Gasteiger partial charge in [-0.15, -0.1) is 0 Å². The average Bonchev–Trinajstić information content (AvgIpc) is 2.97. The van der Waals surface area contributed by atoms with E-state index in [0.717, 1.165) is 26.1 Å². The lowest BCUT2D eigenvalue weighted by Gasteiger charge is -2.41. The van der Waals surface area contributed by atoms with Gasteiger partial charge in [-0.1, -0.05) is 6.42 Å². The SMILES string of the molecule is NC1NN2CC(F)CNC2C1C(=O)NC1CNCCC1C1CCCCN1. The number of halogens is 1. The molecule has 7 unspecified atom stereocenters. The molecule has 26 heavy (non-hydrogen) atoms. The van der Waals surface area contributed by atoms with Crippen molar-refractivity contribution in [3.63, 3.8) is 0 Å². The van der Waals surface area contributed by atoms with E-state index in [1.165, 1.54) is 19.3 Å². The first-order valence-electron chi connectivity index (χ1n) is 10.0. The van der Waals surface area contributed by atoms with Gasteiger partial charge in [-0.25, -0.2) is 14.8 Å². The maximum Gasteiger partial charge on any atom is 0.229 e. The number of nitrogens with zero attached hydrogens (tertiary/aromatic N) is 1. The van der Waals surface area contributed by atoms with E-state index in [-0.39, 0.29) is 31.2 Å². The van der Waals surface area contributed by atoms with Gasteiger partial charge < -0.3 is 21.7 Å². The van der Waals surface area contributed by atoms with E-state index in [4.69, 9.17) is 5.73 Å². The second kappa shape index (κ2) is 8.04. The molecule has 0 aromatic carbocycles.